The number of ether oxygens (including phenoxy) is 1. The van der Waals surface area contributed by atoms with E-state index in [1.807, 2.05) is 47.1 Å². The second kappa shape index (κ2) is 8.63. The Bertz CT molecular complexity index is 1180. The third-order valence-corrected chi connectivity index (χ3v) is 7.09. The molecule has 1 aliphatic carbocycles. The van der Waals surface area contributed by atoms with Gasteiger partial charge in [0.05, 0.1) is 38.8 Å². The van der Waals surface area contributed by atoms with Gasteiger partial charge in [-0.15, -0.1) is 0 Å². The summed E-state index contributed by atoms with van der Waals surface area (Å²) in [6.45, 7) is 0.544. The third-order valence-electron chi connectivity index (χ3n) is 5.61. The number of phosphoric ester groups is 1. The first-order valence-electron chi connectivity index (χ1n) is 10.4. The minimum Gasteiger partial charge on any atom is -0.479 e. The minimum atomic E-state index is -3.63. The van der Waals surface area contributed by atoms with Crippen LogP contribution in [0.1, 0.15) is 30.6 Å². The zero-order chi connectivity index (χ0) is 22.1. The van der Waals surface area contributed by atoms with Crippen LogP contribution in [0, 0.1) is 5.92 Å². The van der Waals surface area contributed by atoms with Gasteiger partial charge in [0, 0.05) is 12.3 Å². The van der Waals surface area contributed by atoms with Gasteiger partial charge in [-0.2, -0.15) is 9.97 Å². The van der Waals surface area contributed by atoms with Crippen molar-refractivity contribution in [1.82, 2.24) is 19.5 Å². The lowest BCUT2D eigenvalue weighted by molar-refractivity contribution is 0.0247. The van der Waals surface area contributed by atoms with Gasteiger partial charge < -0.3 is 15.0 Å². The molecule has 1 saturated heterocycles. The Morgan fingerprint density at radius 3 is 2.91 bits per heavy atom. The Kier molecular flexibility index (Phi) is 5.69. The Morgan fingerprint density at radius 1 is 1.25 bits per heavy atom. The number of hydrogen-bond acceptors (Lipinski definition) is 9. The summed E-state index contributed by atoms with van der Waals surface area (Å²) in [6.07, 6.45) is 6.82. The number of methoxy groups -OCH3 is 1. The van der Waals surface area contributed by atoms with Crippen molar-refractivity contribution in [1.29, 1.82) is 0 Å². The molecule has 2 aliphatic rings. The van der Waals surface area contributed by atoms with Crippen molar-refractivity contribution < 1.29 is 22.9 Å². The monoisotopic (exact) mass is 457 g/mol. The number of imidazole rings is 1. The number of allylic oxidation sites excluding steroid dienone is 1. The Hall–Kier alpha value is -2.78. The fraction of sp³-hybridized carbons (Fsp3) is 0.381. The molecule has 2 aromatic heterocycles. The van der Waals surface area contributed by atoms with E-state index in [-0.39, 0.29) is 30.6 Å². The zero-order valence-corrected chi connectivity index (χ0v) is 18.4. The predicted molar refractivity (Wildman–Crippen MR) is 117 cm³/mol. The Labute approximate surface area is 185 Å². The highest BCUT2D eigenvalue weighted by Gasteiger charge is 2.37. The van der Waals surface area contributed by atoms with Crippen molar-refractivity contribution in [2.45, 2.75) is 25.0 Å². The lowest BCUT2D eigenvalue weighted by atomic mass is 10.1. The van der Waals surface area contributed by atoms with Gasteiger partial charge in [-0.25, -0.2) is 9.55 Å². The molecule has 1 fully saturated rings. The second-order valence-electron chi connectivity index (χ2n) is 7.73. The molecule has 1 unspecified atom stereocenters. The maximum Gasteiger partial charge on any atom is 0.475 e. The van der Waals surface area contributed by atoms with E-state index in [2.05, 4.69) is 15.0 Å². The average molecular weight is 457 g/mol. The Balaban J connectivity index is 1.23. The molecule has 10 nitrogen and oxygen atoms in total. The van der Waals surface area contributed by atoms with E-state index in [0.29, 0.717) is 30.1 Å². The largest absolute Gasteiger partial charge is 0.479 e. The first-order valence-corrected chi connectivity index (χ1v) is 11.9. The quantitative estimate of drug-likeness (QED) is 0.434. The summed E-state index contributed by atoms with van der Waals surface area (Å²) in [5, 5.41) is 0. The molecule has 2 N–H and O–H groups in total. The molecule has 0 radical (unpaired) electrons. The van der Waals surface area contributed by atoms with Crippen LogP contribution < -0.4 is 10.5 Å². The average Bonchev–Trinajstić information content (AvgIpc) is 3.45. The highest BCUT2D eigenvalue weighted by Crippen LogP contribution is 2.57. The summed E-state index contributed by atoms with van der Waals surface area (Å²) in [7, 11) is -2.11. The van der Waals surface area contributed by atoms with Gasteiger partial charge in [0.1, 0.15) is 0 Å². The molecule has 11 heteroatoms. The number of hydrogen-bond donors (Lipinski definition) is 1. The topological polar surface area (TPSA) is 124 Å². The second-order valence-corrected chi connectivity index (χ2v) is 9.35. The number of phosphoric acid groups is 1. The zero-order valence-electron chi connectivity index (χ0n) is 17.5. The molecule has 1 aliphatic heterocycles. The lowest BCUT2D eigenvalue weighted by Gasteiger charge is -2.29. The molecule has 0 bridgehead atoms. The lowest BCUT2D eigenvalue weighted by Crippen LogP contribution is -2.17. The van der Waals surface area contributed by atoms with E-state index in [0.717, 1.165) is 12.0 Å². The van der Waals surface area contributed by atoms with Crippen molar-refractivity contribution in [2.75, 3.05) is 26.1 Å². The highest BCUT2D eigenvalue weighted by atomic mass is 31.2. The normalized spacial score (nSPS) is 27.7. The molecule has 0 saturated carbocycles. The summed E-state index contributed by atoms with van der Waals surface area (Å²) < 4.78 is 37.0. The number of rotatable bonds is 6. The van der Waals surface area contributed by atoms with E-state index >= 15 is 0 Å². The van der Waals surface area contributed by atoms with Gasteiger partial charge in [-0.3, -0.25) is 13.6 Å². The number of anilines is 1. The van der Waals surface area contributed by atoms with Gasteiger partial charge in [0.15, 0.2) is 11.2 Å². The minimum absolute atomic E-state index is 0.00111. The predicted octanol–water partition coefficient (Wildman–Crippen LogP) is 3.84. The summed E-state index contributed by atoms with van der Waals surface area (Å²) >= 11 is 0. The molecule has 1 aromatic carbocycles. The molecule has 3 heterocycles. The fourth-order valence-corrected chi connectivity index (χ4v) is 5.47. The molecule has 3 aromatic rings. The van der Waals surface area contributed by atoms with Gasteiger partial charge in [-0.1, -0.05) is 42.5 Å². The molecule has 4 atom stereocenters. The number of benzene rings is 1. The van der Waals surface area contributed by atoms with Crippen LogP contribution in [-0.2, 0) is 18.1 Å². The number of nitrogens with two attached hydrogens (primary N) is 1. The van der Waals surface area contributed by atoms with Crippen molar-refractivity contribution in [2.24, 2.45) is 5.92 Å². The molecule has 5 rings (SSSR count). The fourth-order valence-electron chi connectivity index (χ4n) is 4.03. The van der Waals surface area contributed by atoms with Crippen LogP contribution in [0.5, 0.6) is 5.88 Å². The summed E-state index contributed by atoms with van der Waals surface area (Å²) in [6, 6.07) is 9.69. The molecule has 0 amide bonds. The number of aromatic nitrogens is 4. The van der Waals surface area contributed by atoms with Crippen molar-refractivity contribution >= 4 is 24.9 Å². The van der Waals surface area contributed by atoms with Crippen LogP contribution in [0.2, 0.25) is 0 Å². The van der Waals surface area contributed by atoms with Gasteiger partial charge in [0.2, 0.25) is 11.8 Å². The number of fused-ring (bicyclic) bond motifs is 1. The van der Waals surface area contributed by atoms with E-state index in [4.69, 9.17) is 24.0 Å². The molecule has 0 spiro atoms. The summed E-state index contributed by atoms with van der Waals surface area (Å²) in [5.41, 5.74) is 7.93. The number of nitrogen functional groups attached to an aromatic ring is 1. The molecular formula is C21H24N5O5P. The SMILES string of the molecule is COc1nc(N)nc2c1ncn2[C@H]1C=C[C@@H](COP2(=O)OCC[C@@H](c3ccccc3)O2)C1. The molecule has 32 heavy (non-hydrogen) atoms. The van der Waals surface area contributed by atoms with Crippen molar-refractivity contribution in [3.05, 3.63) is 54.4 Å². The van der Waals surface area contributed by atoms with Crippen LogP contribution in [0.15, 0.2) is 48.8 Å². The van der Waals surface area contributed by atoms with E-state index in [1.165, 1.54) is 7.11 Å². The van der Waals surface area contributed by atoms with Gasteiger partial charge in [-0.05, 0) is 12.0 Å². The van der Waals surface area contributed by atoms with E-state index < -0.39 is 7.82 Å². The van der Waals surface area contributed by atoms with E-state index in [9.17, 15) is 4.57 Å². The van der Waals surface area contributed by atoms with Crippen LogP contribution >= 0.6 is 7.82 Å². The summed E-state index contributed by atoms with van der Waals surface area (Å²) in [4.78, 5) is 12.8. The first kappa shape index (κ1) is 21.1. The summed E-state index contributed by atoms with van der Waals surface area (Å²) in [5.74, 6) is 0.495. The maximum atomic E-state index is 13.0. The standard InChI is InChI=1S/C21H24N5O5P/c1-28-20-18-19(24-21(22)25-20)26(13-23-18)16-8-7-14(11-16)12-30-32(27)29-10-9-17(31-32)15-5-3-2-4-6-15/h2-8,13-14,16-17H,9-12H2,1H3,(H2,22,24,25)/t14-,16+,17+,32?/m1/s1. The van der Waals surface area contributed by atoms with Crippen LogP contribution in [0.3, 0.4) is 0 Å². The molecular weight excluding hydrogens is 433 g/mol. The smallest absolute Gasteiger partial charge is 0.475 e. The van der Waals surface area contributed by atoms with Crippen LogP contribution in [-0.4, -0.2) is 39.8 Å². The van der Waals surface area contributed by atoms with Crippen molar-refractivity contribution in [3.63, 3.8) is 0 Å². The third kappa shape index (κ3) is 4.14. The van der Waals surface area contributed by atoms with E-state index in [1.54, 1.807) is 6.33 Å². The Morgan fingerprint density at radius 2 is 2.09 bits per heavy atom. The van der Waals surface area contributed by atoms with Gasteiger partial charge >= 0.3 is 7.82 Å². The van der Waals surface area contributed by atoms with Crippen LogP contribution in [0.25, 0.3) is 11.2 Å². The number of nitrogens with zero attached hydrogens (tertiary/aromatic N) is 4. The van der Waals surface area contributed by atoms with Gasteiger partial charge in [0.25, 0.3) is 0 Å². The van der Waals surface area contributed by atoms with Crippen molar-refractivity contribution in [3.8, 4) is 5.88 Å². The van der Waals surface area contributed by atoms with Crippen LogP contribution in [0.4, 0.5) is 5.95 Å². The highest BCUT2D eigenvalue weighted by molar-refractivity contribution is 7.48. The molecule has 168 valence electrons. The maximum absolute atomic E-state index is 13.0. The first-order chi connectivity index (χ1) is 15.5.